The van der Waals surface area contributed by atoms with Gasteiger partial charge in [0.2, 0.25) is 0 Å². The number of amides is 2. The molecule has 0 aromatic carbocycles. The molecule has 2 saturated heterocycles. The third kappa shape index (κ3) is 3.65. The Kier molecular flexibility index (Phi) is 5.07. The highest BCUT2D eigenvalue weighted by molar-refractivity contribution is 8.00. The normalized spacial score (nSPS) is 28.7. The topological polar surface area (TPSA) is 60.9 Å². The zero-order chi connectivity index (χ0) is 15.6. The van der Waals surface area contributed by atoms with Crippen molar-refractivity contribution in [3.05, 3.63) is 0 Å². The Balaban J connectivity index is 2.08. The van der Waals surface area contributed by atoms with E-state index >= 15 is 0 Å². The Morgan fingerprint density at radius 1 is 1.29 bits per heavy atom. The number of thioether (sulfide) groups is 1. The van der Waals surface area contributed by atoms with Gasteiger partial charge in [0.1, 0.15) is 6.04 Å². The van der Waals surface area contributed by atoms with Crippen LogP contribution < -0.4 is 0 Å². The summed E-state index contributed by atoms with van der Waals surface area (Å²) in [7, 11) is 0. The van der Waals surface area contributed by atoms with Crippen molar-refractivity contribution in [3.8, 4) is 0 Å². The van der Waals surface area contributed by atoms with Gasteiger partial charge in [-0.3, -0.25) is 4.90 Å². The Bertz CT molecular complexity index is 404. The van der Waals surface area contributed by atoms with Crippen molar-refractivity contribution in [2.24, 2.45) is 5.41 Å². The van der Waals surface area contributed by atoms with Gasteiger partial charge in [-0.15, -0.1) is 11.8 Å². The number of likely N-dealkylation sites (tertiary alicyclic amines) is 1. The van der Waals surface area contributed by atoms with Gasteiger partial charge in [-0.2, -0.15) is 0 Å². The zero-order valence-corrected chi connectivity index (χ0v) is 14.0. The highest BCUT2D eigenvalue weighted by atomic mass is 32.2. The second-order valence-electron chi connectivity index (χ2n) is 6.77. The summed E-state index contributed by atoms with van der Waals surface area (Å²) in [6.07, 6.45) is 3.78. The van der Waals surface area contributed by atoms with Crippen LogP contribution in [0.2, 0.25) is 0 Å². The smallest absolute Gasteiger partial charge is 0.327 e. The maximum Gasteiger partial charge on any atom is 0.327 e. The van der Waals surface area contributed by atoms with Gasteiger partial charge in [-0.05, 0) is 24.7 Å². The van der Waals surface area contributed by atoms with Gasteiger partial charge in [0.25, 0.3) is 0 Å². The minimum absolute atomic E-state index is 0.0125. The van der Waals surface area contributed by atoms with Crippen LogP contribution in [0, 0.1) is 5.41 Å². The molecule has 2 amide bonds. The first-order chi connectivity index (χ1) is 9.85. The number of piperidine rings is 1. The lowest BCUT2D eigenvalue weighted by atomic mass is 9.83. The zero-order valence-electron chi connectivity index (χ0n) is 13.2. The summed E-state index contributed by atoms with van der Waals surface area (Å²) in [5.41, 5.74) is 0.283. The van der Waals surface area contributed by atoms with Crippen LogP contribution in [0.4, 0.5) is 4.79 Å². The van der Waals surface area contributed by atoms with Gasteiger partial charge in [0.15, 0.2) is 0 Å². The molecule has 6 heteroatoms. The summed E-state index contributed by atoms with van der Waals surface area (Å²) >= 11 is 1.60. The molecule has 2 fully saturated rings. The highest BCUT2D eigenvalue weighted by Crippen LogP contribution is 2.35. The SMILES string of the molecule is CCCC1SCC(C(=O)O)N1C(=O)N1CCC(C)(C)CC1. The minimum atomic E-state index is -0.883. The number of carbonyl (C=O) groups is 2. The lowest BCUT2D eigenvalue weighted by Gasteiger charge is -2.40. The van der Waals surface area contributed by atoms with Crippen molar-refractivity contribution in [1.82, 2.24) is 9.80 Å². The van der Waals surface area contributed by atoms with E-state index in [0.717, 1.165) is 38.8 Å². The van der Waals surface area contributed by atoms with Crippen LogP contribution in [0.25, 0.3) is 0 Å². The van der Waals surface area contributed by atoms with E-state index in [2.05, 4.69) is 20.8 Å². The van der Waals surface area contributed by atoms with Crippen molar-refractivity contribution in [2.45, 2.75) is 57.9 Å². The number of carboxylic acid groups (broad SMARTS) is 1. The lowest BCUT2D eigenvalue weighted by Crippen LogP contribution is -2.53. The van der Waals surface area contributed by atoms with Crippen molar-refractivity contribution >= 4 is 23.8 Å². The molecule has 0 aromatic heterocycles. The van der Waals surface area contributed by atoms with E-state index in [0.29, 0.717) is 5.75 Å². The number of carbonyl (C=O) groups excluding carboxylic acids is 1. The molecule has 1 N–H and O–H groups in total. The van der Waals surface area contributed by atoms with Gasteiger partial charge < -0.3 is 10.0 Å². The predicted molar refractivity (Wildman–Crippen MR) is 84.4 cm³/mol. The molecule has 2 unspecified atom stereocenters. The van der Waals surface area contributed by atoms with E-state index in [9.17, 15) is 14.7 Å². The molecule has 2 rings (SSSR count). The fourth-order valence-electron chi connectivity index (χ4n) is 2.95. The fraction of sp³-hybridized carbons (Fsp3) is 0.867. The van der Waals surface area contributed by atoms with Crippen LogP contribution in [0.1, 0.15) is 46.5 Å². The number of hydrogen-bond acceptors (Lipinski definition) is 3. The second-order valence-corrected chi connectivity index (χ2v) is 7.98. The summed E-state index contributed by atoms with van der Waals surface area (Å²) in [6, 6.07) is -0.754. The second kappa shape index (κ2) is 6.46. The molecule has 2 heterocycles. The first kappa shape index (κ1) is 16.5. The molecule has 0 bridgehead atoms. The van der Waals surface area contributed by atoms with Crippen molar-refractivity contribution in [2.75, 3.05) is 18.8 Å². The van der Waals surface area contributed by atoms with Crippen LogP contribution >= 0.6 is 11.8 Å². The largest absolute Gasteiger partial charge is 0.480 e. The number of nitrogens with zero attached hydrogens (tertiary/aromatic N) is 2. The quantitative estimate of drug-likeness (QED) is 0.870. The van der Waals surface area contributed by atoms with Crippen molar-refractivity contribution in [3.63, 3.8) is 0 Å². The molecular formula is C15H26N2O3S. The first-order valence-corrected chi connectivity index (χ1v) is 8.82. The molecular weight excluding hydrogens is 288 g/mol. The highest BCUT2D eigenvalue weighted by Gasteiger charge is 2.43. The molecule has 0 aliphatic carbocycles. The first-order valence-electron chi connectivity index (χ1n) is 7.77. The fourth-order valence-corrected chi connectivity index (χ4v) is 4.45. The molecule has 2 atom stereocenters. The summed E-state index contributed by atoms with van der Waals surface area (Å²) in [6.45, 7) is 7.98. The third-order valence-electron chi connectivity index (χ3n) is 4.52. The maximum atomic E-state index is 12.8. The molecule has 21 heavy (non-hydrogen) atoms. The van der Waals surface area contributed by atoms with Gasteiger partial charge in [-0.25, -0.2) is 9.59 Å². The van der Waals surface area contributed by atoms with E-state index in [1.54, 1.807) is 16.7 Å². The van der Waals surface area contributed by atoms with Crippen LogP contribution in [-0.4, -0.2) is 57.2 Å². The summed E-state index contributed by atoms with van der Waals surface area (Å²) in [5, 5.41) is 9.39. The van der Waals surface area contributed by atoms with E-state index in [-0.39, 0.29) is 16.8 Å². The number of aliphatic carboxylic acids is 1. The summed E-state index contributed by atoms with van der Waals surface area (Å²) in [5.74, 6) is -0.378. The Hall–Kier alpha value is -0.910. The molecule has 120 valence electrons. The minimum Gasteiger partial charge on any atom is -0.480 e. The van der Waals surface area contributed by atoms with Crippen LogP contribution in [0.15, 0.2) is 0 Å². The molecule has 5 nitrogen and oxygen atoms in total. The Labute approximate surface area is 131 Å². The molecule has 0 spiro atoms. The van der Waals surface area contributed by atoms with Crippen LogP contribution in [0.5, 0.6) is 0 Å². The van der Waals surface area contributed by atoms with Crippen molar-refractivity contribution < 1.29 is 14.7 Å². The maximum absolute atomic E-state index is 12.8. The van der Waals surface area contributed by atoms with Gasteiger partial charge in [0, 0.05) is 18.8 Å². The molecule has 0 saturated carbocycles. The van der Waals surface area contributed by atoms with Crippen LogP contribution in [-0.2, 0) is 4.79 Å². The number of rotatable bonds is 3. The average Bonchev–Trinajstić information content (AvgIpc) is 2.82. The van der Waals surface area contributed by atoms with E-state index < -0.39 is 12.0 Å². The predicted octanol–water partition coefficient (Wildman–Crippen LogP) is 2.86. The number of urea groups is 1. The van der Waals surface area contributed by atoms with Gasteiger partial charge in [-0.1, -0.05) is 27.2 Å². The Morgan fingerprint density at radius 2 is 1.90 bits per heavy atom. The lowest BCUT2D eigenvalue weighted by molar-refractivity contribution is -0.141. The van der Waals surface area contributed by atoms with E-state index in [1.165, 1.54) is 0 Å². The Morgan fingerprint density at radius 3 is 2.43 bits per heavy atom. The monoisotopic (exact) mass is 314 g/mol. The average molecular weight is 314 g/mol. The molecule has 2 aliphatic heterocycles. The third-order valence-corrected chi connectivity index (χ3v) is 5.88. The standard InChI is InChI=1S/C15H26N2O3S/c1-4-5-12-17(11(10-21-12)13(18)19)14(20)16-8-6-15(2,3)7-9-16/h11-12H,4-10H2,1-3H3,(H,18,19). The van der Waals surface area contributed by atoms with E-state index in [4.69, 9.17) is 0 Å². The van der Waals surface area contributed by atoms with Gasteiger partial charge >= 0.3 is 12.0 Å². The summed E-state index contributed by atoms with van der Waals surface area (Å²) < 4.78 is 0. The molecule has 0 aromatic rings. The molecule has 0 radical (unpaired) electrons. The number of hydrogen-bond donors (Lipinski definition) is 1. The van der Waals surface area contributed by atoms with Crippen molar-refractivity contribution in [1.29, 1.82) is 0 Å². The molecule has 2 aliphatic rings. The summed E-state index contributed by atoms with van der Waals surface area (Å²) in [4.78, 5) is 27.7. The van der Waals surface area contributed by atoms with Gasteiger partial charge in [0.05, 0.1) is 5.37 Å². The van der Waals surface area contributed by atoms with Crippen LogP contribution in [0.3, 0.4) is 0 Å². The number of carboxylic acids is 1. The van der Waals surface area contributed by atoms with E-state index in [1.807, 2.05) is 4.90 Å².